The van der Waals surface area contributed by atoms with Crippen molar-refractivity contribution in [3.05, 3.63) is 74.9 Å². The standard InChI is InChI=1S/C34H38Cl2N4O4S/c1-45(43,44)39-18-15-32-30(22-39)34(26-9-12-31(36)25(19-26)8-5-23-6-10-27(35)11-7-23)37-40(32)21-28(41)20-38-16-13-24(14-17-38)29-3-2-4-33(29)42/h6-7,9-12,19,24,28-29,41H,2-4,13-18,20-22H2,1H3. The lowest BCUT2D eigenvalue weighted by Gasteiger charge is -2.35. The van der Waals surface area contributed by atoms with Crippen molar-refractivity contribution in [3.8, 4) is 23.1 Å². The summed E-state index contributed by atoms with van der Waals surface area (Å²) in [6.07, 6.45) is 5.84. The summed E-state index contributed by atoms with van der Waals surface area (Å²) in [7, 11) is -3.41. The van der Waals surface area contributed by atoms with Gasteiger partial charge in [0.25, 0.3) is 0 Å². The number of carbonyl (C=O) groups is 1. The highest BCUT2D eigenvalue weighted by Gasteiger charge is 2.35. The second-order valence-corrected chi connectivity index (χ2v) is 15.3. The van der Waals surface area contributed by atoms with Crippen LogP contribution in [0, 0.1) is 23.7 Å². The summed E-state index contributed by atoms with van der Waals surface area (Å²) in [6.45, 7) is 3.15. The van der Waals surface area contributed by atoms with Gasteiger partial charge in [0.05, 0.1) is 29.6 Å². The molecule has 2 unspecified atom stereocenters. The maximum atomic E-state index is 12.5. The van der Waals surface area contributed by atoms with Gasteiger partial charge in [-0.25, -0.2) is 8.42 Å². The van der Waals surface area contributed by atoms with E-state index in [1.54, 1.807) is 18.2 Å². The summed E-state index contributed by atoms with van der Waals surface area (Å²) < 4.78 is 28.3. The van der Waals surface area contributed by atoms with Gasteiger partial charge in [-0.1, -0.05) is 41.1 Å². The van der Waals surface area contributed by atoms with E-state index in [2.05, 4.69) is 16.7 Å². The number of halogens is 2. The van der Waals surface area contributed by atoms with E-state index in [1.807, 2.05) is 28.9 Å². The first-order valence-corrected chi connectivity index (χ1v) is 18.2. The Morgan fingerprint density at radius 1 is 1.00 bits per heavy atom. The van der Waals surface area contributed by atoms with Crippen LogP contribution in [0.3, 0.4) is 0 Å². The molecule has 8 nitrogen and oxygen atoms in total. The fraction of sp³-hybridized carbons (Fsp3) is 0.471. The van der Waals surface area contributed by atoms with E-state index in [0.717, 1.165) is 67.6 Å². The van der Waals surface area contributed by atoms with Gasteiger partial charge in [0.15, 0.2) is 0 Å². The Kier molecular flexibility index (Phi) is 9.72. The average molecular weight is 670 g/mol. The fourth-order valence-electron chi connectivity index (χ4n) is 7.01. The number of Topliss-reactive ketones (excluding diaryl/α,β-unsaturated/α-hetero) is 1. The molecule has 2 aliphatic heterocycles. The van der Waals surface area contributed by atoms with E-state index in [4.69, 9.17) is 28.3 Å². The number of aliphatic hydroxyl groups excluding tert-OH is 1. The number of aliphatic hydroxyl groups is 1. The highest BCUT2D eigenvalue weighted by Crippen LogP contribution is 2.35. The quantitative estimate of drug-likeness (QED) is 0.356. The maximum absolute atomic E-state index is 12.5. The number of rotatable bonds is 7. The molecule has 45 heavy (non-hydrogen) atoms. The number of ketones is 1. The summed E-state index contributed by atoms with van der Waals surface area (Å²) in [6, 6.07) is 12.8. The number of β-amino-alcohol motifs (C(OH)–C–C–N with tert-alkyl or cyclic N) is 1. The van der Waals surface area contributed by atoms with Crippen LogP contribution in [0.2, 0.25) is 10.0 Å². The minimum Gasteiger partial charge on any atom is -0.390 e. The first-order valence-electron chi connectivity index (χ1n) is 15.6. The van der Waals surface area contributed by atoms with Crippen LogP contribution >= 0.6 is 23.2 Å². The summed E-state index contributed by atoms with van der Waals surface area (Å²) in [4.78, 5) is 14.5. The van der Waals surface area contributed by atoms with E-state index in [0.29, 0.717) is 59.1 Å². The van der Waals surface area contributed by atoms with Crippen molar-refractivity contribution in [2.45, 2.75) is 57.7 Å². The topological polar surface area (TPSA) is 95.7 Å². The Labute approximate surface area is 275 Å². The fourth-order valence-corrected chi connectivity index (χ4v) is 8.08. The Morgan fingerprint density at radius 3 is 2.44 bits per heavy atom. The average Bonchev–Trinajstić information content (AvgIpc) is 3.60. The van der Waals surface area contributed by atoms with Gasteiger partial charge in [-0.3, -0.25) is 9.48 Å². The molecule has 3 heterocycles. The number of piperidine rings is 1. The van der Waals surface area contributed by atoms with Gasteiger partial charge >= 0.3 is 0 Å². The molecule has 11 heteroatoms. The van der Waals surface area contributed by atoms with Crippen LogP contribution in [-0.2, 0) is 34.3 Å². The van der Waals surface area contributed by atoms with Gasteiger partial charge in [-0.05, 0) is 81.1 Å². The number of carbonyl (C=O) groups excluding carboxylic acids is 1. The monoisotopic (exact) mass is 668 g/mol. The van der Waals surface area contributed by atoms with E-state index in [-0.39, 0.29) is 12.5 Å². The number of sulfonamides is 1. The van der Waals surface area contributed by atoms with Crippen LogP contribution < -0.4 is 0 Å². The smallest absolute Gasteiger partial charge is 0.211 e. The predicted molar refractivity (Wildman–Crippen MR) is 177 cm³/mol. The molecule has 1 saturated heterocycles. The first kappa shape index (κ1) is 32.2. The summed E-state index contributed by atoms with van der Waals surface area (Å²) >= 11 is 12.5. The Bertz CT molecular complexity index is 1740. The highest BCUT2D eigenvalue weighted by molar-refractivity contribution is 7.88. The molecule has 3 aromatic rings. The van der Waals surface area contributed by atoms with Crippen molar-refractivity contribution < 1.29 is 18.3 Å². The molecule has 0 radical (unpaired) electrons. The molecule has 2 fully saturated rings. The Hall–Kier alpha value is -2.71. The number of hydrogen-bond acceptors (Lipinski definition) is 6. The molecule has 6 rings (SSSR count). The molecule has 1 aliphatic carbocycles. The maximum Gasteiger partial charge on any atom is 0.211 e. The van der Waals surface area contributed by atoms with Crippen LogP contribution in [-0.4, -0.2) is 76.8 Å². The molecule has 3 aliphatic rings. The van der Waals surface area contributed by atoms with Crippen molar-refractivity contribution in [1.29, 1.82) is 0 Å². The number of aromatic nitrogens is 2. The number of benzene rings is 2. The molecule has 1 aromatic heterocycles. The molecule has 238 valence electrons. The van der Waals surface area contributed by atoms with Gasteiger partial charge in [0, 0.05) is 71.4 Å². The zero-order valence-corrected chi connectivity index (χ0v) is 27.7. The second-order valence-electron chi connectivity index (χ2n) is 12.5. The zero-order valence-electron chi connectivity index (χ0n) is 25.4. The summed E-state index contributed by atoms with van der Waals surface area (Å²) in [5, 5.41) is 17.3. The van der Waals surface area contributed by atoms with Crippen molar-refractivity contribution in [1.82, 2.24) is 19.0 Å². The van der Waals surface area contributed by atoms with Gasteiger partial charge in [0.2, 0.25) is 10.0 Å². The van der Waals surface area contributed by atoms with Crippen molar-refractivity contribution in [2.24, 2.45) is 11.8 Å². The van der Waals surface area contributed by atoms with Gasteiger partial charge in [0.1, 0.15) is 5.78 Å². The van der Waals surface area contributed by atoms with Crippen LogP contribution in [0.4, 0.5) is 0 Å². The molecule has 2 atom stereocenters. The van der Waals surface area contributed by atoms with E-state index in [1.165, 1.54) is 10.6 Å². The highest BCUT2D eigenvalue weighted by atomic mass is 35.5. The lowest BCUT2D eigenvalue weighted by molar-refractivity contribution is -0.122. The Morgan fingerprint density at radius 2 is 1.76 bits per heavy atom. The third-order valence-corrected chi connectivity index (χ3v) is 11.2. The lowest BCUT2D eigenvalue weighted by Crippen LogP contribution is -2.42. The molecular formula is C34H38Cl2N4O4S. The second kappa shape index (κ2) is 13.6. The van der Waals surface area contributed by atoms with Crippen LogP contribution in [0.5, 0.6) is 0 Å². The molecule has 2 aromatic carbocycles. The van der Waals surface area contributed by atoms with Crippen molar-refractivity contribution in [3.63, 3.8) is 0 Å². The number of hydrogen-bond donors (Lipinski definition) is 1. The van der Waals surface area contributed by atoms with Crippen LogP contribution in [0.1, 0.15) is 54.5 Å². The molecule has 0 bridgehead atoms. The molecule has 1 saturated carbocycles. The Balaban J connectivity index is 1.22. The van der Waals surface area contributed by atoms with E-state index >= 15 is 0 Å². The van der Waals surface area contributed by atoms with Gasteiger partial charge in [-0.15, -0.1) is 0 Å². The van der Waals surface area contributed by atoms with Gasteiger partial charge < -0.3 is 10.0 Å². The van der Waals surface area contributed by atoms with E-state index in [9.17, 15) is 18.3 Å². The lowest BCUT2D eigenvalue weighted by atomic mass is 9.83. The normalized spacial score (nSPS) is 20.5. The molecule has 0 spiro atoms. The number of fused-ring (bicyclic) bond motifs is 1. The van der Waals surface area contributed by atoms with Crippen molar-refractivity contribution in [2.75, 3.05) is 32.4 Å². The molecular weight excluding hydrogens is 631 g/mol. The van der Waals surface area contributed by atoms with Crippen LogP contribution in [0.15, 0.2) is 42.5 Å². The first-order chi connectivity index (χ1) is 21.5. The predicted octanol–water partition coefficient (Wildman–Crippen LogP) is 5.02. The largest absolute Gasteiger partial charge is 0.390 e. The van der Waals surface area contributed by atoms with Gasteiger partial charge in [-0.2, -0.15) is 9.40 Å². The SMILES string of the molecule is CS(=O)(=O)N1CCc2c(c(-c3ccc(Cl)c(C#Cc4ccc(Cl)cc4)c3)nn2CC(O)CN2CCC(C3CCCC3=O)CC2)C1. The molecule has 1 N–H and O–H groups in total. The van der Waals surface area contributed by atoms with Crippen molar-refractivity contribution >= 4 is 39.0 Å². The minimum atomic E-state index is -3.41. The summed E-state index contributed by atoms with van der Waals surface area (Å²) in [5.41, 5.74) is 4.65. The number of nitrogens with zero attached hydrogens (tertiary/aromatic N) is 4. The van der Waals surface area contributed by atoms with Crippen LogP contribution in [0.25, 0.3) is 11.3 Å². The van der Waals surface area contributed by atoms with E-state index < -0.39 is 16.1 Å². The number of likely N-dealkylation sites (tertiary alicyclic amines) is 1. The minimum absolute atomic E-state index is 0.210. The third kappa shape index (κ3) is 7.48. The molecule has 0 amide bonds. The third-order valence-electron chi connectivity index (χ3n) is 9.40. The zero-order chi connectivity index (χ0) is 31.7. The summed E-state index contributed by atoms with van der Waals surface area (Å²) in [5.74, 6) is 7.41.